The van der Waals surface area contributed by atoms with Crippen LogP contribution in [0.5, 0.6) is 23.0 Å². The summed E-state index contributed by atoms with van der Waals surface area (Å²) in [5.74, 6) is -0.406. The summed E-state index contributed by atoms with van der Waals surface area (Å²) in [6, 6.07) is 10.0. The second kappa shape index (κ2) is 19.6. The SMILES string of the molecule is CCn1nc(CC(C)C)cc1C(=O)N1CCCC(=O)N[C@H](C)C(=O)N[C@@H](C(C)C)C(=O)NCc2ccc(c(OC)c2)Oc2ccc(cc2OC)C(=O)NCC1. The number of hydrogen-bond donors (Lipinski definition) is 4. The summed E-state index contributed by atoms with van der Waals surface area (Å²) in [6.07, 6.45) is 1.04. The van der Waals surface area contributed by atoms with Crippen molar-refractivity contribution in [2.24, 2.45) is 11.8 Å². The number of amides is 5. The minimum Gasteiger partial charge on any atom is -0.493 e. The predicted molar refractivity (Wildman–Crippen MR) is 206 cm³/mol. The maximum Gasteiger partial charge on any atom is 0.272 e. The van der Waals surface area contributed by atoms with Gasteiger partial charge in [0.1, 0.15) is 17.8 Å². The molecule has 3 aliphatic rings. The number of methoxy groups -OCH3 is 2. The van der Waals surface area contributed by atoms with Gasteiger partial charge in [0.2, 0.25) is 17.7 Å². The second-order valence-corrected chi connectivity index (χ2v) is 14.3. The van der Waals surface area contributed by atoms with Crippen LogP contribution >= 0.6 is 0 Å². The van der Waals surface area contributed by atoms with E-state index in [1.165, 1.54) is 14.2 Å². The van der Waals surface area contributed by atoms with Gasteiger partial charge in [0.25, 0.3) is 11.8 Å². The Morgan fingerprint density at radius 1 is 0.909 bits per heavy atom. The number of benzene rings is 2. The number of rotatable bonds is 7. The molecule has 4 heterocycles. The van der Waals surface area contributed by atoms with Gasteiger partial charge >= 0.3 is 0 Å². The molecular weight excluding hydrogens is 706 g/mol. The molecule has 4 N–H and O–H groups in total. The van der Waals surface area contributed by atoms with Gasteiger partial charge in [-0.05, 0) is 80.5 Å². The van der Waals surface area contributed by atoms with Crippen LogP contribution in [0.4, 0.5) is 0 Å². The molecule has 0 saturated heterocycles. The van der Waals surface area contributed by atoms with E-state index < -0.39 is 18.0 Å². The lowest BCUT2D eigenvalue weighted by Crippen LogP contribution is -2.54. The summed E-state index contributed by atoms with van der Waals surface area (Å²) in [6.45, 7) is 12.4. The van der Waals surface area contributed by atoms with Gasteiger partial charge < -0.3 is 40.4 Å². The van der Waals surface area contributed by atoms with Crippen molar-refractivity contribution in [3.63, 3.8) is 0 Å². The van der Waals surface area contributed by atoms with Crippen molar-refractivity contribution in [3.8, 4) is 23.0 Å². The molecule has 3 aromatic rings. The van der Waals surface area contributed by atoms with Gasteiger partial charge in [-0.25, -0.2) is 0 Å². The lowest BCUT2D eigenvalue weighted by Gasteiger charge is -2.25. The summed E-state index contributed by atoms with van der Waals surface area (Å²) < 4.78 is 19.0. The van der Waals surface area contributed by atoms with Gasteiger partial charge in [0, 0.05) is 44.7 Å². The van der Waals surface area contributed by atoms with E-state index in [-0.39, 0.29) is 62.1 Å². The highest BCUT2D eigenvalue weighted by Gasteiger charge is 2.28. The van der Waals surface area contributed by atoms with Gasteiger partial charge in [-0.1, -0.05) is 33.8 Å². The number of ether oxygens (including phenoxy) is 3. The van der Waals surface area contributed by atoms with E-state index in [1.54, 1.807) is 59.0 Å². The first-order valence-electron chi connectivity index (χ1n) is 18.8. The van der Waals surface area contributed by atoms with Crippen LogP contribution < -0.4 is 35.5 Å². The second-order valence-electron chi connectivity index (χ2n) is 14.3. The Bertz CT molecular complexity index is 1840. The van der Waals surface area contributed by atoms with Crippen molar-refractivity contribution in [1.82, 2.24) is 35.9 Å². The fourth-order valence-electron chi connectivity index (χ4n) is 6.12. The average Bonchev–Trinajstić information content (AvgIpc) is 3.56. The van der Waals surface area contributed by atoms with Crippen molar-refractivity contribution in [3.05, 3.63) is 65.0 Å². The summed E-state index contributed by atoms with van der Waals surface area (Å²) in [7, 11) is 2.96. The monoisotopic (exact) mass is 761 g/mol. The van der Waals surface area contributed by atoms with Gasteiger partial charge in [0.05, 0.1) is 19.9 Å². The largest absolute Gasteiger partial charge is 0.493 e. The van der Waals surface area contributed by atoms with E-state index in [9.17, 15) is 24.0 Å². The first-order valence-corrected chi connectivity index (χ1v) is 18.8. The molecule has 55 heavy (non-hydrogen) atoms. The maximum atomic E-state index is 14.0. The van der Waals surface area contributed by atoms with E-state index >= 15 is 0 Å². The summed E-state index contributed by atoms with van der Waals surface area (Å²) >= 11 is 0. The highest BCUT2D eigenvalue weighted by Crippen LogP contribution is 2.37. The highest BCUT2D eigenvalue weighted by molar-refractivity contribution is 5.95. The molecule has 15 heteroatoms. The molecule has 2 aromatic carbocycles. The first kappa shape index (κ1) is 42.1. The quantitative estimate of drug-likeness (QED) is 0.278. The van der Waals surface area contributed by atoms with E-state index in [1.807, 2.05) is 20.8 Å². The molecule has 0 radical (unpaired) electrons. The fraction of sp³-hybridized carbons (Fsp3) is 0.500. The summed E-state index contributed by atoms with van der Waals surface area (Å²) in [5.41, 5.74) is 2.28. The number of aryl methyl sites for hydroxylation is 1. The number of fused-ring (bicyclic) bond motifs is 2. The molecule has 2 atom stereocenters. The molecule has 4 bridgehead atoms. The Labute approximate surface area is 322 Å². The van der Waals surface area contributed by atoms with E-state index in [2.05, 4.69) is 40.2 Å². The topological polar surface area (TPSA) is 182 Å². The van der Waals surface area contributed by atoms with Gasteiger partial charge in [-0.15, -0.1) is 0 Å². The lowest BCUT2D eigenvalue weighted by molar-refractivity contribution is -0.132. The Morgan fingerprint density at radius 3 is 2.25 bits per heavy atom. The normalized spacial score (nSPS) is 18.0. The minimum atomic E-state index is -0.921. The molecule has 3 aliphatic heterocycles. The fourth-order valence-corrected chi connectivity index (χ4v) is 6.12. The third-order valence-corrected chi connectivity index (χ3v) is 9.11. The zero-order chi connectivity index (χ0) is 40.2. The number of hydrogen-bond acceptors (Lipinski definition) is 9. The van der Waals surface area contributed by atoms with E-state index in [4.69, 9.17) is 14.2 Å². The molecule has 298 valence electrons. The van der Waals surface area contributed by atoms with Crippen molar-refractivity contribution in [1.29, 1.82) is 0 Å². The molecule has 6 rings (SSSR count). The summed E-state index contributed by atoms with van der Waals surface area (Å²) in [4.78, 5) is 68.4. The average molecular weight is 762 g/mol. The molecular formula is C40H55N7O8. The zero-order valence-corrected chi connectivity index (χ0v) is 33.1. The smallest absolute Gasteiger partial charge is 0.272 e. The zero-order valence-electron chi connectivity index (χ0n) is 33.1. The van der Waals surface area contributed by atoms with Crippen LogP contribution in [0.15, 0.2) is 42.5 Å². The molecule has 0 aliphatic carbocycles. The minimum absolute atomic E-state index is 0.0317. The third kappa shape index (κ3) is 11.4. The highest BCUT2D eigenvalue weighted by atomic mass is 16.5. The van der Waals surface area contributed by atoms with Gasteiger partial charge in [-0.2, -0.15) is 5.10 Å². The standard InChI is InChI=1S/C40H55N7O8/c1-9-47-30(22-29(45-47)19-24(2)3)40(52)46-17-10-11-35(48)43-26(6)37(49)44-36(25(4)5)39(51)42-23-27-12-14-31(33(20-27)53-7)55-32-15-13-28(21-34(32)54-8)38(50)41-16-18-46/h12-15,20-22,24-26,36H,9-11,16-19,23H2,1-8H3,(H,41,50)(H,42,51)(H,43,48)(H,44,49)/t26-,36+/m1/s1. The van der Waals surface area contributed by atoms with Crippen LogP contribution in [0.25, 0.3) is 0 Å². The molecule has 0 fully saturated rings. The van der Waals surface area contributed by atoms with E-state index in [0.717, 1.165) is 11.3 Å². The lowest BCUT2D eigenvalue weighted by atomic mass is 10.0. The number of aromatic nitrogens is 2. The van der Waals surface area contributed by atoms with Gasteiger partial charge in [-0.3, -0.25) is 28.7 Å². The van der Waals surface area contributed by atoms with Crippen LogP contribution in [-0.2, 0) is 33.9 Å². The van der Waals surface area contributed by atoms with Crippen LogP contribution in [0.1, 0.15) is 86.5 Å². The third-order valence-electron chi connectivity index (χ3n) is 9.11. The van der Waals surface area contributed by atoms with Crippen molar-refractivity contribution in [2.45, 2.75) is 86.0 Å². The van der Waals surface area contributed by atoms with Crippen molar-refractivity contribution >= 4 is 29.5 Å². The van der Waals surface area contributed by atoms with Crippen LogP contribution in [0.3, 0.4) is 0 Å². The van der Waals surface area contributed by atoms with Crippen molar-refractivity contribution in [2.75, 3.05) is 33.9 Å². The van der Waals surface area contributed by atoms with Crippen LogP contribution in [-0.4, -0.2) is 90.2 Å². The maximum absolute atomic E-state index is 14.0. The molecule has 15 nitrogen and oxygen atoms in total. The molecule has 5 amide bonds. The van der Waals surface area contributed by atoms with E-state index in [0.29, 0.717) is 59.6 Å². The Balaban J connectivity index is 1.63. The molecule has 0 saturated carbocycles. The Morgan fingerprint density at radius 2 is 1.60 bits per heavy atom. The van der Waals surface area contributed by atoms with Crippen molar-refractivity contribution < 1.29 is 38.2 Å². The summed E-state index contributed by atoms with van der Waals surface area (Å²) in [5, 5.41) is 15.9. The molecule has 0 spiro atoms. The van der Waals surface area contributed by atoms with Crippen LogP contribution in [0.2, 0.25) is 0 Å². The number of carbonyl (C=O) groups excluding carboxylic acids is 5. The van der Waals surface area contributed by atoms with Crippen LogP contribution in [0, 0.1) is 11.8 Å². The predicted octanol–water partition coefficient (Wildman–Crippen LogP) is 3.84. The number of nitrogens with one attached hydrogen (secondary N) is 4. The molecule has 1 aromatic heterocycles. The molecule has 0 unspecified atom stereocenters. The van der Waals surface area contributed by atoms with Gasteiger partial charge in [0.15, 0.2) is 23.0 Å². The number of carbonyl (C=O) groups is 5. The Hall–Kier alpha value is -5.60. The number of nitrogens with zero attached hydrogens (tertiary/aromatic N) is 3. The Kier molecular flexibility index (Phi) is 15.1. The first-order chi connectivity index (χ1) is 26.2.